The molecule has 3 aliphatic rings. The molecule has 0 unspecified atom stereocenters. The molecule has 1 saturated carbocycles. The molecule has 3 rings (SSSR count). The van der Waals surface area contributed by atoms with E-state index < -0.39 is 0 Å². The summed E-state index contributed by atoms with van der Waals surface area (Å²) >= 11 is 0. The molecule has 16 heavy (non-hydrogen) atoms. The molecule has 1 nitrogen and oxygen atoms in total. The zero-order chi connectivity index (χ0) is 11.0. The molecule has 0 radical (unpaired) electrons. The van der Waals surface area contributed by atoms with Crippen LogP contribution in [-0.4, -0.2) is 12.2 Å². The van der Waals surface area contributed by atoms with Crippen molar-refractivity contribution in [3.63, 3.8) is 0 Å². The molecule has 0 saturated heterocycles. The molecule has 88 valence electrons. The smallest absolute Gasteiger partial charge is 0.0970 e. The van der Waals surface area contributed by atoms with E-state index in [0.29, 0.717) is 6.10 Å². The van der Waals surface area contributed by atoms with Crippen LogP contribution in [0.4, 0.5) is 0 Å². The fourth-order valence-corrected chi connectivity index (χ4v) is 3.83. The van der Waals surface area contributed by atoms with Crippen LogP contribution >= 0.6 is 0 Å². The summed E-state index contributed by atoms with van der Waals surface area (Å²) in [5.41, 5.74) is 3.37. The van der Waals surface area contributed by atoms with Gasteiger partial charge in [0.15, 0.2) is 0 Å². The van der Waals surface area contributed by atoms with Crippen LogP contribution in [0.25, 0.3) is 0 Å². The summed E-state index contributed by atoms with van der Waals surface area (Å²) in [4.78, 5) is 0. The number of fused-ring (bicyclic) bond motifs is 2. The molecular weight excluding hydrogens is 196 g/mol. The van der Waals surface area contributed by atoms with Gasteiger partial charge in [-0.05, 0) is 44.1 Å². The van der Waals surface area contributed by atoms with Crippen molar-refractivity contribution in [1.82, 2.24) is 0 Å². The zero-order valence-corrected chi connectivity index (χ0v) is 10.1. The Kier molecular flexibility index (Phi) is 2.89. The Morgan fingerprint density at radius 1 is 1.00 bits per heavy atom. The largest absolute Gasteiger partial charge is 0.366 e. The zero-order valence-electron chi connectivity index (χ0n) is 10.1. The topological polar surface area (TPSA) is 9.23 Å². The minimum absolute atomic E-state index is 0.245. The summed E-state index contributed by atoms with van der Waals surface area (Å²) in [7, 11) is 0. The first-order chi connectivity index (χ1) is 7.90. The molecule has 1 aliphatic heterocycles. The fourth-order valence-electron chi connectivity index (χ4n) is 3.83. The molecule has 1 heteroatoms. The molecule has 0 spiro atoms. The number of rotatable bonds is 1. The van der Waals surface area contributed by atoms with Crippen molar-refractivity contribution >= 4 is 0 Å². The van der Waals surface area contributed by atoms with Gasteiger partial charge < -0.3 is 4.74 Å². The lowest BCUT2D eigenvalue weighted by molar-refractivity contribution is -0.0358. The summed E-state index contributed by atoms with van der Waals surface area (Å²) < 4.78 is 6.23. The second kappa shape index (κ2) is 4.37. The van der Waals surface area contributed by atoms with Crippen LogP contribution in [0.3, 0.4) is 0 Å². The standard InChI is InChI=1S/C15H22O/c1-2-14-12-8-4-3-7-11(12)13-9-5-6-10-15(13)16-14/h2,13-15H,1,3-10H2/t13-,14+,15+/m1/s1. The van der Waals surface area contributed by atoms with Gasteiger partial charge in [-0.1, -0.05) is 24.5 Å². The molecule has 0 amide bonds. The van der Waals surface area contributed by atoms with Crippen LogP contribution in [0.15, 0.2) is 23.8 Å². The monoisotopic (exact) mass is 218 g/mol. The van der Waals surface area contributed by atoms with E-state index in [0.717, 1.165) is 5.92 Å². The maximum atomic E-state index is 6.23. The quantitative estimate of drug-likeness (QED) is 0.604. The Morgan fingerprint density at radius 3 is 2.56 bits per heavy atom. The van der Waals surface area contributed by atoms with Gasteiger partial charge in [0.05, 0.1) is 12.2 Å². The van der Waals surface area contributed by atoms with E-state index in [2.05, 4.69) is 6.58 Å². The first-order valence-corrected chi connectivity index (χ1v) is 6.90. The van der Waals surface area contributed by atoms with Crippen molar-refractivity contribution in [1.29, 1.82) is 0 Å². The molecule has 0 aromatic carbocycles. The van der Waals surface area contributed by atoms with Crippen LogP contribution in [0.2, 0.25) is 0 Å². The van der Waals surface area contributed by atoms with E-state index in [1.165, 1.54) is 51.4 Å². The Morgan fingerprint density at radius 2 is 1.75 bits per heavy atom. The maximum Gasteiger partial charge on any atom is 0.0970 e. The average molecular weight is 218 g/mol. The third-order valence-electron chi connectivity index (χ3n) is 4.58. The third kappa shape index (κ3) is 1.66. The molecule has 0 aromatic rings. The predicted molar refractivity (Wildman–Crippen MR) is 66.3 cm³/mol. The molecular formula is C15H22O. The SMILES string of the molecule is C=C[C@@H]1O[C@H]2CCCC[C@@H]2C2=C1CCCC2. The number of hydrogen-bond acceptors (Lipinski definition) is 1. The second-order valence-corrected chi connectivity index (χ2v) is 5.48. The Balaban J connectivity index is 1.94. The van der Waals surface area contributed by atoms with E-state index in [9.17, 15) is 0 Å². The van der Waals surface area contributed by atoms with Crippen LogP contribution < -0.4 is 0 Å². The second-order valence-electron chi connectivity index (χ2n) is 5.48. The average Bonchev–Trinajstić information content (AvgIpc) is 2.38. The highest BCUT2D eigenvalue weighted by Gasteiger charge is 2.38. The van der Waals surface area contributed by atoms with Gasteiger partial charge in [-0.2, -0.15) is 0 Å². The number of hydrogen-bond donors (Lipinski definition) is 0. The molecule has 2 aliphatic carbocycles. The van der Waals surface area contributed by atoms with Crippen molar-refractivity contribution in [3.8, 4) is 0 Å². The van der Waals surface area contributed by atoms with Gasteiger partial charge in [0.1, 0.15) is 0 Å². The van der Waals surface area contributed by atoms with E-state index in [4.69, 9.17) is 4.74 Å². The molecule has 0 aromatic heterocycles. The summed E-state index contributed by atoms with van der Waals surface area (Å²) in [6.07, 6.45) is 13.5. The van der Waals surface area contributed by atoms with Crippen LogP contribution in [-0.2, 0) is 4.74 Å². The highest BCUT2D eigenvalue weighted by Crippen LogP contribution is 2.45. The van der Waals surface area contributed by atoms with Gasteiger partial charge in [0.2, 0.25) is 0 Å². The van der Waals surface area contributed by atoms with E-state index in [-0.39, 0.29) is 6.10 Å². The number of ether oxygens (including phenoxy) is 1. The lowest BCUT2D eigenvalue weighted by atomic mass is 9.72. The van der Waals surface area contributed by atoms with Crippen molar-refractivity contribution in [2.24, 2.45) is 5.92 Å². The molecule has 0 bridgehead atoms. The highest BCUT2D eigenvalue weighted by atomic mass is 16.5. The van der Waals surface area contributed by atoms with E-state index >= 15 is 0 Å². The summed E-state index contributed by atoms with van der Waals surface area (Å²) in [6.45, 7) is 3.95. The minimum Gasteiger partial charge on any atom is -0.366 e. The van der Waals surface area contributed by atoms with Crippen molar-refractivity contribution in [2.45, 2.75) is 63.6 Å². The lowest BCUT2D eigenvalue weighted by Crippen LogP contribution is -2.39. The molecule has 3 atom stereocenters. The normalized spacial score (nSPS) is 38.9. The predicted octanol–water partition coefficient (Wildman–Crippen LogP) is 4.00. The van der Waals surface area contributed by atoms with Gasteiger partial charge in [-0.25, -0.2) is 0 Å². The first kappa shape index (κ1) is 10.6. The van der Waals surface area contributed by atoms with Crippen LogP contribution in [0.1, 0.15) is 51.4 Å². The minimum atomic E-state index is 0.245. The van der Waals surface area contributed by atoms with Gasteiger partial charge >= 0.3 is 0 Å². The molecule has 1 fully saturated rings. The third-order valence-corrected chi connectivity index (χ3v) is 4.58. The first-order valence-electron chi connectivity index (χ1n) is 6.90. The summed E-state index contributed by atoms with van der Waals surface area (Å²) in [6, 6.07) is 0. The van der Waals surface area contributed by atoms with Crippen LogP contribution in [0, 0.1) is 5.92 Å². The highest BCUT2D eigenvalue weighted by molar-refractivity contribution is 5.30. The molecule has 0 N–H and O–H groups in total. The van der Waals surface area contributed by atoms with E-state index in [1.54, 1.807) is 11.1 Å². The van der Waals surface area contributed by atoms with Crippen molar-refractivity contribution < 1.29 is 4.74 Å². The van der Waals surface area contributed by atoms with Gasteiger partial charge in [0, 0.05) is 5.92 Å². The van der Waals surface area contributed by atoms with E-state index in [1.807, 2.05) is 6.08 Å². The molecule has 1 heterocycles. The summed E-state index contributed by atoms with van der Waals surface area (Å²) in [5.74, 6) is 0.764. The van der Waals surface area contributed by atoms with Crippen molar-refractivity contribution in [2.75, 3.05) is 0 Å². The van der Waals surface area contributed by atoms with Crippen LogP contribution in [0.5, 0.6) is 0 Å². The van der Waals surface area contributed by atoms with Gasteiger partial charge in [-0.3, -0.25) is 0 Å². The van der Waals surface area contributed by atoms with Gasteiger partial charge in [-0.15, -0.1) is 6.58 Å². The Labute approximate surface area is 98.6 Å². The lowest BCUT2D eigenvalue weighted by Gasteiger charge is -2.43. The maximum absolute atomic E-state index is 6.23. The van der Waals surface area contributed by atoms with Gasteiger partial charge in [0.25, 0.3) is 0 Å². The van der Waals surface area contributed by atoms with Crippen molar-refractivity contribution in [3.05, 3.63) is 23.8 Å². The summed E-state index contributed by atoms with van der Waals surface area (Å²) in [5, 5.41) is 0. The Hall–Kier alpha value is -0.560. The fraction of sp³-hybridized carbons (Fsp3) is 0.733. The Bertz CT molecular complexity index is 315.